The number of allylic oxidation sites excluding steroid dienone is 1. The Balaban J connectivity index is 1.36. The Morgan fingerprint density at radius 2 is 1.72 bits per heavy atom. The molecule has 0 bridgehead atoms. The lowest BCUT2D eigenvalue weighted by Gasteiger charge is -2.27. The van der Waals surface area contributed by atoms with Gasteiger partial charge in [-0.15, -0.1) is 0 Å². The van der Waals surface area contributed by atoms with Gasteiger partial charge in [0.25, 0.3) is 0 Å². The van der Waals surface area contributed by atoms with Crippen molar-refractivity contribution in [2.45, 2.75) is 12.8 Å². The zero-order valence-corrected chi connectivity index (χ0v) is 21.6. The number of aryl methyl sites for hydroxylation is 1. The molecule has 0 saturated heterocycles. The van der Waals surface area contributed by atoms with Gasteiger partial charge in [0.2, 0.25) is 5.88 Å². The van der Waals surface area contributed by atoms with Crippen LogP contribution in [0.4, 0.5) is 0 Å². The fourth-order valence-electron chi connectivity index (χ4n) is 4.23. The van der Waals surface area contributed by atoms with Crippen molar-refractivity contribution in [3.8, 4) is 34.8 Å². The molecule has 0 fully saturated rings. The number of rotatable bonds is 7. The summed E-state index contributed by atoms with van der Waals surface area (Å²) in [6.45, 7) is 1.55. The number of halogens is 1. The van der Waals surface area contributed by atoms with Crippen molar-refractivity contribution in [1.29, 1.82) is 5.26 Å². The van der Waals surface area contributed by atoms with Crippen LogP contribution in [-0.4, -0.2) is 12.6 Å². The Hall–Kier alpha value is -4.93. The van der Waals surface area contributed by atoms with E-state index in [0.29, 0.717) is 33.6 Å². The Labute approximate surface area is 230 Å². The second-order valence-corrected chi connectivity index (χ2v) is 9.19. The summed E-state index contributed by atoms with van der Waals surface area (Å²) in [6, 6.07) is 29.1. The molecule has 0 amide bonds. The topological polar surface area (TPSA) is 104 Å². The zero-order valence-electron chi connectivity index (χ0n) is 20.9. The summed E-state index contributed by atoms with van der Waals surface area (Å²) < 4.78 is 22.7. The van der Waals surface area contributed by atoms with E-state index in [2.05, 4.69) is 6.07 Å². The van der Waals surface area contributed by atoms with Crippen LogP contribution >= 0.6 is 11.6 Å². The summed E-state index contributed by atoms with van der Waals surface area (Å²) in [5.41, 5.74) is 8.75. The van der Waals surface area contributed by atoms with Gasteiger partial charge in [-0.3, -0.25) is 0 Å². The highest BCUT2D eigenvalue weighted by Gasteiger charge is 2.31. The Bertz CT molecular complexity index is 1610. The summed E-state index contributed by atoms with van der Waals surface area (Å²) in [5, 5.41) is 10.5. The van der Waals surface area contributed by atoms with Gasteiger partial charge < -0.3 is 24.7 Å². The van der Waals surface area contributed by atoms with E-state index in [1.165, 1.54) is 0 Å². The molecule has 1 atom stereocenters. The highest BCUT2D eigenvalue weighted by Crippen LogP contribution is 2.44. The van der Waals surface area contributed by atoms with E-state index in [0.717, 1.165) is 11.1 Å². The summed E-state index contributed by atoms with van der Waals surface area (Å²) in [7, 11) is 0. The molecule has 0 spiro atoms. The quantitative estimate of drug-likeness (QED) is 0.208. The first-order valence-corrected chi connectivity index (χ1v) is 12.4. The van der Waals surface area contributed by atoms with Gasteiger partial charge in [0, 0.05) is 16.7 Å². The fourth-order valence-corrected chi connectivity index (χ4v) is 4.35. The molecule has 1 unspecified atom stereocenters. The first-order chi connectivity index (χ1) is 18.9. The molecular weight excluding hydrogens is 516 g/mol. The Morgan fingerprint density at radius 3 is 2.49 bits per heavy atom. The van der Waals surface area contributed by atoms with Crippen LogP contribution in [0.25, 0.3) is 0 Å². The van der Waals surface area contributed by atoms with E-state index >= 15 is 0 Å². The molecule has 4 aromatic rings. The van der Waals surface area contributed by atoms with Crippen molar-refractivity contribution in [3.63, 3.8) is 0 Å². The minimum atomic E-state index is -0.595. The first-order valence-electron chi connectivity index (χ1n) is 12.1. The van der Waals surface area contributed by atoms with Gasteiger partial charge in [-0.05, 0) is 66.6 Å². The Kier molecular flexibility index (Phi) is 7.39. The number of nitriles is 1. The lowest BCUT2D eigenvalue weighted by molar-refractivity contribution is -0.136. The smallest absolute Gasteiger partial charge is 0.349 e. The van der Waals surface area contributed by atoms with Crippen LogP contribution in [0.2, 0.25) is 5.02 Å². The third-order valence-electron chi connectivity index (χ3n) is 6.08. The number of esters is 1. The maximum Gasteiger partial charge on any atom is 0.349 e. The molecule has 39 heavy (non-hydrogen) atoms. The van der Waals surface area contributed by atoms with Crippen LogP contribution in [0.5, 0.6) is 28.7 Å². The number of ether oxygens (including phenoxy) is 4. The van der Waals surface area contributed by atoms with Crippen LogP contribution in [0.1, 0.15) is 22.6 Å². The minimum absolute atomic E-state index is 0.0192. The van der Waals surface area contributed by atoms with Crippen LogP contribution < -0.4 is 24.7 Å². The van der Waals surface area contributed by atoms with E-state index in [1.807, 2.05) is 61.5 Å². The standard InChI is InChI=1S/C31H23ClN2O5/c1-19-14-22(11-13-27(19)32)36-18-29(35)38-24-10-12-25-28(16-24)39-31(34)26(17-33)30(25)20-6-5-9-23(15-20)37-21-7-3-2-4-8-21/h2-16,30H,18,34H2,1H3. The molecule has 8 heteroatoms. The monoisotopic (exact) mass is 538 g/mol. The summed E-state index contributed by atoms with van der Waals surface area (Å²) in [6.07, 6.45) is 0. The van der Waals surface area contributed by atoms with Gasteiger partial charge in [-0.2, -0.15) is 5.26 Å². The maximum absolute atomic E-state index is 12.4. The first kappa shape index (κ1) is 25.7. The molecule has 1 aliphatic rings. The van der Waals surface area contributed by atoms with Crippen LogP contribution in [0.15, 0.2) is 102 Å². The van der Waals surface area contributed by atoms with Crippen molar-refractivity contribution in [3.05, 3.63) is 124 Å². The zero-order chi connectivity index (χ0) is 27.4. The number of nitrogens with two attached hydrogens (primary N) is 1. The molecule has 194 valence electrons. The average Bonchev–Trinajstić information content (AvgIpc) is 2.93. The third kappa shape index (κ3) is 5.82. The molecule has 0 aliphatic carbocycles. The van der Waals surface area contributed by atoms with E-state index < -0.39 is 11.9 Å². The van der Waals surface area contributed by atoms with Crippen molar-refractivity contribution in [2.75, 3.05) is 6.61 Å². The van der Waals surface area contributed by atoms with Crippen molar-refractivity contribution in [2.24, 2.45) is 5.73 Å². The fraction of sp³-hybridized carbons (Fsp3) is 0.0968. The van der Waals surface area contributed by atoms with Gasteiger partial charge in [0.15, 0.2) is 6.61 Å². The van der Waals surface area contributed by atoms with Crippen LogP contribution in [0, 0.1) is 18.3 Å². The summed E-state index contributed by atoms with van der Waals surface area (Å²) in [5.74, 6) is 1.33. The van der Waals surface area contributed by atoms with Gasteiger partial charge >= 0.3 is 5.97 Å². The van der Waals surface area contributed by atoms with Gasteiger partial charge in [-0.1, -0.05) is 48.0 Å². The molecule has 0 saturated carbocycles. The van der Waals surface area contributed by atoms with Crippen LogP contribution in [0.3, 0.4) is 0 Å². The normalized spacial score (nSPS) is 14.0. The number of nitrogens with zero attached hydrogens (tertiary/aromatic N) is 1. The van der Waals surface area contributed by atoms with E-state index in [9.17, 15) is 10.1 Å². The lowest BCUT2D eigenvalue weighted by Crippen LogP contribution is -2.21. The third-order valence-corrected chi connectivity index (χ3v) is 6.50. The van der Waals surface area contributed by atoms with Gasteiger partial charge in [0.05, 0.1) is 5.92 Å². The molecular formula is C31H23ClN2O5. The number of para-hydroxylation sites is 1. The van der Waals surface area contributed by atoms with Gasteiger partial charge in [0.1, 0.15) is 40.4 Å². The summed E-state index contributed by atoms with van der Waals surface area (Å²) in [4.78, 5) is 12.4. The maximum atomic E-state index is 12.4. The van der Waals surface area contributed by atoms with E-state index in [-0.39, 0.29) is 23.8 Å². The molecule has 5 rings (SSSR count). The molecule has 2 N–H and O–H groups in total. The van der Waals surface area contributed by atoms with Crippen molar-refractivity contribution in [1.82, 2.24) is 0 Å². The minimum Gasteiger partial charge on any atom is -0.482 e. The SMILES string of the molecule is Cc1cc(OCC(=O)Oc2ccc3c(c2)OC(N)=C(C#N)C3c2cccc(Oc3ccccc3)c2)ccc1Cl. The van der Waals surface area contributed by atoms with Crippen LogP contribution in [-0.2, 0) is 4.79 Å². The molecule has 0 radical (unpaired) electrons. The number of hydrogen-bond acceptors (Lipinski definition) is 7. The van der Waals surface area contributed by atoms with Crippen molar-refractivity contribution < 1.29 is 23.7 Å². The average molecular weight is 539 g/mol. The molecule has 1 aliphatic heterocycles. The second kappa shape index (κ2) is 11.2. The van der Waals surface area contributed by atoms with Crippen molar-refractivity contribution >= 4 is 17.6 Å². The number of benzene rings is 4. The number of fused-ring (bicyclic) bond motifs is 1. The molecule has 1 heterocycles. The second-order valence-electron chi connectivity index (χ2n) is 8.79. The number of carbonyl (C=O) groups is 1. The lowest BCUT2D eigenvalue weighted by atomic mass is 9.83. The highest BCUT2D eigenvalue weighted by molar-refractivity contribution is 6.31. The molecule has 7 nitrogen and oxygen atoms in total. The Morgan fingerprint density at radius 1 is 0.949 bits per heavy atom. The number of hydrogen-bond donors (Lipinski definition) is 1. The predicted octanol–water partition coefficient (Wildman–Crippen LogP) is 6.64. The van der Waals surface area contributed by atoms with Gasteiger partial charge in [-0.25, -0.2) is 4.79 Å². The number of carbonyl (C=O) groups excluding carboxylic acids is 1. The van der Waals surface area contributed by atoms with E-state index in [1.54, 1.807) is 36.4 Å². The predicted molar refractivity (Wildman–Crippen MR) is 146 cm³/mol. The largest absolute Gasteiger partial charge is 0.482 e. The van der Waals surface area contributed by atoms with E-state index in [4.69, 9.17) is 36.3 Å². The molecule has 4 aromatic carbocycles. The summed E-state index contributed by atoms with van der Waals surface area (Å²) >= 11 is 6.03. The molecule has 0 aromatic heterocycles. The highest BCUT2D eigenvalue weighted by atomic mass is 35.5.